The minimum atomic E-state index is 0.815. The van der Waals surface area contributed by atoms with Crippen molar-refractivity contribution in [2.75, 3.05) is 0 Å². The van der Waals surface area contributed by atoms with Crippen LogP contribution in [-0.4, -0.2) is 19.9 Å². The smallest absolute Gasteiger partial charge is 0.0894 e. The third-order valence-corrected chi connectivity index (χ3v) is 6.43. The molecule has 0 spiro atoms. The van der Waals surface area contributed by atoms with Gasteiger partial charge >= 0.3 is 0 Å². The highest BCUT2D eigenvalue weighted by Crippen LogP contribution is 2.21. The van der Waals surface area contributed by atoms with Gasteiger partial charge in [-0.3, -0.25) is 0 Å². The molecule has 0 atom stereocenters. The summed E-state index contributed by atoms with van der Waals surface area (Å²) in [5.41, 5.74) is 6.91. The number of fused-ring (bicyclic) bond motifs is 18. The molecular weight excluding hydrogens is 440 g/mol. The van der Waals surface area contributed by atoms with E-state index in [9.17, 15) is 0 Å². The zero-order valence-electron chi connectivity index (χ0n) is 19.3. The number of rotatable bonds is 0. The first kappa shape index (κ1) is 20.4. The van der Waals surface area contributed by atoms with Gasteiger partial charge in [0.25, 0.3) is 0 Å². The maximum Gasteiger partial charge on any atom is 0.0894 e. The Kier molecular flexibility index (Phi) is 4.74. The molecule has 0 saturated heterocycles. The Morgan fingerprint density at radius 2 is 0.472 bits per heavy atom. The fourth-order valence-electron chi connectivity index (χ4n) is 4.63. The van der Waals surface area contributed by atoms with Gasteiger partial charge in [0.15, 0.2) is 0 Å². The molecule has 168 valence electrons. The summed E-state index contributed by atoms with van der Waals surface area (Å²) in [4.78, 5) is 19.9. The zero-order valence-corrected chi connectivity index (χ0v) is 19.3. The fourth-order valence-corrected chi connectivity index (χ4v) is 4.63. The van der Waals surface area contributed by atoms with Crippen molar-refractivity contribution in [3.63, 3.8) is 0 Å². The Bertz CT molecular complexity index is 1550. The number of benzene rings is 2. The van der Waals surface area contributed by atoms with Crippen LogP contribution in [0, 0.1) is 0 Å². The molecule has 0 aliphatic carbocycles. The molecule has 0 amide bonds. The van der Waals surface area contributed by atoms with Crippen LogP contribution in [-0.2, 0) is 0 Å². The van der Waals surface area contributed by atoms with E-state index in [4.69, 9.17) is 19.9 Å². The average Bonchev–Trinajstić information content (AvgIpc) is 2.97. The lowest BCUT2D eigenvalue weighted by molar-refractivity contribution is 1.42. The van der Waals surface area contributed by atoms with E-state index < -0.39 is 0 Å². The lowest BCUT2D eigenvalue weighted by Gasteiger charge is -2.01. The predicted octanol–water partition coefficient (Wildman–Crippen LogP) is 7.87. The summed E-state index contributed by atoms with van der Waals surface area (Å²) < 4.78 is 0. The monoisotopic (exact) mass is 460 g/mol. The Labute approximate surface area is 206 Å². The number of hydrogen-bond donors (Lipinski definition) is 0. The Hall–Kier alpha value is -4.96. The van der Waals surface area contributed by atoms with Crippen molar-refractivity contribution in [2.24, 2.45) is 0 Å². The van der Waals surface area contributed by atoms with Crippen LogP contribution >= 0.6 is 0 Å². The van der Waals surface area contributed by atoms with Crippen molar-refractivity contribution in [3.8, 4) is 0 Å². The lowest BCUT2D eigenvalue weighted by Crippen LogP contribution is -1.84. The summed E-state index contributed by atoms with van der Waals surface area (Å²) in [7, 11) is 0. The first-order chi connectivity index (χ1) is 17.8. The SMILES string of the molecule is c1cc2cc(c1)c1cccc(n1)c1cccc(n1)c1cccc(n1)c1cccc(c1)c1cccc2n1. The van der Waals surface area contributed by atoms with Crippen LogP contribution in [0.2, 0.25) is 0 Å². The average molecular weight is 461 g/mol. The van der Waals surface area contributed by atoms with Crippen molar-refractivity contribution in [1.82, 2.24) is 19.9 Å². The van der Waals surface area contributed by atoms with Crippen LogP contribution in [0.4, 0.5) is 0 Å². The minimum Gasteiger partial charge on any atom is -0.248 e. The summed E-state index contributed by atoms with van der Waals surface area (Å²) in [6.07, 6.45) is 0. The van der Waals surface area contributed by atoms with E-state index in [1.807, 2.05) is 54.6 Å². The maximum absolute atomic E-state index is 5.01. The van der Waals surface area contributed by atoms with Crippen LogP contribution < -0.4 is 0 Å². The third-order valence-electron chi connectivity index (χ3n) is 6.43. The van der Waals surface area contributed by atoms with Crippen molar-refractivity contribution in [3.05, 3.63) is 121 Å². The van der Waals surface area contributed by atoms with Gasteiger partial charge in [0.2, 0.25) is 0 Å². The zero-order chi connectivity index (χ0) is 23.9. The fraction of sp³-hybridized carbons (Fsp3) is 0. The van der Waals surface area contributed by atoms with Crippen molar-refractivity contribution in [1.29, 1.82) is 0 Å². The molecule has 5 aromatic heterocycles. The highest BCUT2D eigenvalue weighted by molar-refractivity contribution is 5.94. The van der Waals surface area contributed by atoms with E-state index in [0.29, 0.717) is 0 Å². The largest absolute Gasteiger partial charge is 0.248 e. The van der Waals surface area contributed by atoms with Gasteiger partial charge < -0.3 is 0 Å². The summed E-state index contributed by atoms with van der Waals surface area (Å²) in [6, 6.07) is 41.0. The number of hydrogen-bond acceptors (Lipinski definition) is 4. The molecule has 12 bridgehead atoms. The molecule has 0 aliphatic heterocycles. The molecule has 0 fully saturated rings. The van der Waals surface area contributed by atoms with Gasteiger partial charge in [-0.1, -0.05) is 60.7 Å². The van der Waals surface area contributed by atoms with E-state index in [0.717, 1.165) is 65.7 Å². The molecular formula is C32H20N4. The van der Waals surface area contributed by atoms with E-state index in [1.165, 1.54) is 0 Å². The summed E-state index contributed by atoms with van der Waals surface area (Å²) in [6.45, 7) is 0. The van der Waals surface area contributed by atoms with Crippen LogP contribution in [0.25, 0.3) is 65.7 Å². The van der Waals surface area contributed by atoms with Crippen LogP contribution in [0.5, 0.6) is 0 Å². The Morgan fingerprint density at radius 1 is 0.250 bits per heavy atom. The van der Waals surface area contributed by atoms with Crippen LogP contribution in [0.15, 0.2) is 121 Å². The Balaban J connectivity index is 1.72. The second-order valence-corrected chi connectivity index (χ2v) is 8.79. The minimum absolute atomic E-state index is 0.815. The van der Waals surface area contributed by atoms with E-state index in [-0.39, 0.29) is 0 Å². The molecule has 0 N–H and O–H groups in total. The predicted molar refractivity (Wildman–Crippen MR) is 149 cm³/mol. The standard InChI is InChI=1S/C32H20N4/c1-7-21-19-23(9-1)27-13-4-15-29(34-27)31-17-6-18-32(36-31)30-16-5-14-28(35-30)24-10-2-8-22(20-24)26-12-3-11-25(21)33-26/h1-20H. The molecule has 0 saturated carbocycles. The van der Waals surface area contributed by atoms with Crippen LogP contribution in [0.1, 0.15) is 0 Å². The van der Waals surface area contributed by atoms with Gasteiger partial charge in [-0.05, 0) is 60.7 Å². The molecule has 5 heterocycles. The van der Waals surface area contributed by atoms with Gasteiger partial charge in [0.05, 0.1) is 44.1 Å². The van der Waals surface area contributed by atoms with E-state index >= 15 is 0 Å². The molecule has 0 aliphatic rings. The van der Waals surface area contributed by atoms with E-state index in [2.05, 4.69) is 66.7 Å². The molecule has 0 unspecified atom stereocenters. The number of pyridine rings is 4. The second kappa shape index (κ2) is 8.36. The third kappa shape index (κ3) is 3.65. The summed E-state index contributed by atoms with van der Waals surface area (Å²) >= 11 is 0. The first-order valence-corrected chi connectivity index (χ1v) is 11.9. The molecule has 7 rings (SSSR count). The van der Waals surface area contributed by atoms with Crippen LogP contribution in [0.3, 0.4) is 0 Å². The van der Waals surface area contributed by atoms with Gasteiger partial charge in [0, 0.05) is 21.5 Å². The Morgan fingerprint density at radius 3 is 0.806 bits per heavy atom. The van der Waals surface area contributed by atoms with Crippen molar-refractivity contribution >= 4 is 65.7 Å². The van der Waals surface area contributed by atoms with Gasteiger partial charge in [-0.2, -0.15) is 0 Å². The molecule has 4 heteroatoms. The highest BCUT2D eigenvalue weighted by atomic mass is 14.8. The molecule has 0 radical (unpaired) electrons. The number of aromatic nitrogens is 4. The summed E-state index contributed by atoms with van der Waals surface area (Å²) in [5.74, 6) is 0. The molecule has 7 aromatic rings. The lowest BCUT2D eigenvalue weighted by atomic mass is 10.1. The van der Waals surface area contributed by atoms with Crippen molar-refractivity contribution < 1.29 is 0 Å². The van der Waals surface area contributed by atoms with E-state index in [1.54, 1.807) is 0 Å². The highest BCUT2D eigenvalue weighted by Gasteiger charge is 2.01. The second-order valence-electron chi connectivity index (χ2n) is 8.79. The summed E-state index contributed by atoms with van der Waals surface area (Å²) in [5, 5.41) is 4.17. The van der Waals surface area contributed by atoms with Crippen molar-refractivity contribution in [2.45, 2.75) is 0 Å². The topological polar surface area (TPSA) is 51.6 Å². The van der Waals surface area contributed by atoms with Gasteiger partial charge in [-0.15, -0.1) is 0 Å². The number of nitrogens with zero attached hydrogens (tertiary/aromatic N) is 4. The quantitative estimate of drug-likeness (QED) is 0.231. The first-order valence-electron chi connectivity index (χ1n) is 11.9. The maximum atomic E-state index is 5.01. The van der Waals surface area contributed by atoms with Gasteiger partial charge in [-0.25, -0.2) is 19.9 Å². The molecule has 2 aromatic carbocycles. The molecule has 4 nitrogen and oxygen atoms in total. The normalized spacial score (nSPS) is 11.3. The van der Waals surface area contributed by atoms with Gasteiger partial charge in [0.1, 0.15) is 0 Å². The molecule has 36 heavy (non-hydrogen) atoms.